The molecule has 1 aliphatic rings. The SMILES string of the molecule is CCC(C)CNc1nc(Cl)nc2c1CCCN2. The van der Waals surface area contributed by atoms with Crippen LogP contribution in [0.25, 0.3) is 0 Å². The van der Waals surface area contributed by atoms with Gasteiger partial charge in [0, 0.05) is 18.7 Å². The first kappa shape index (κ1) is 12.4. The summed E-state index contributed by atoms with van der Waals surface area (Å²) in [6, 6.07) is 0. The quantitative estimate of drug-likeness (QED) is 0.812. The highest BCUT2D eigenvalue weighted by Crippen LogP contribution is 2.27. The molecule has 2 rings (SSSR count). The van der Waals surface area contributed by atoms with Gasteiger partial charge in [-0.3, -0.25) is 0 Å². The van der Waals surface area contributed by atoms with Crippen molar-refractivity contribution in [3.63, 3.8) is 0 Å². The fourth-order valence-corrected chi connectivity index (χ4v) is 2.04. The van der Waals surface area contributed by atoms with Crippen molar-refractivity contribution < 1.29 is 0 Å². The van der Waals surface area contributed by atoms with E-state index in [0.717, 1.165) is 44.0 Å². The van der Waals surface area contributed by atoms with Crippen molar-refractivity contribution in [2.45, 2.75) is 33.1 Å². The number of rotatable bonds is 4. The Morgan fingerprint density at radius 2 is 2.29 bits per heavy atom. The van der Waals surface area contributed by atoms with Gasteiger partial charge in [0.15, 0.2) is 0 Å². The minimum Gasteiger partial charge on any atom is -0.370 e. The smallest absolute Gasteiger partial charge is 0.226 e. The maximum atomic E-state index is 5.93. The van der Waals surface area contributed by atoms with Gasteiger partial charge in [-0.15, -0.1) is 0 Å². The second-order valence-corrected chi connectivity index (χ2v) is 4.93. The van der Waals surface area contributed by atoms with Crippen molar-refractivity contribution >= 4 is 23.2 Å². The third-order valence-corrected chi connectivity index (χ3v) is 3.36. The van der Waals surface area contributed by atoms with E-state index in [9.17, 15) is 0 Å². The van der Waals surface area contributed by atoms with Crippen molar-refractivity contribution in [1.82, 2.24) is 9.97 Å². The molecule has 4 nitrogen and oxygen atoms in total. The highest BCUT2D eigenvalue weighted by atomic mass is 35.5. The maximum absolute atomic E-state index is 5.93. The number of hydrogen-bond donors (Lipinski definition) is 2. The molecule has 0 radical (unpaired) electrons. The predicted molar refractivity (Wildman–Crippen MR) is 71.8 cm³/mol. The lowest BCUT2D eigenvalue weighted by atomic mass is 10.1. The monoisotopic (exact) mass is 254 g/mol. The molecule has 5 heteroatoms. The molecule has 1 aliphatic heterocycles. The van der Waals surface area contributed by atoms with Crippen molar-refractivity contribution in [2.24, 2.45) is 5.92 Å². The van der Waals surface area contributed by atoms with E-state index in [-0.39, 0.29) is 0 Å². The molecule has 0 saturated heterocycles. The number of halogens is 1. The molecule has 1 atom stereocenters. The summed E-state index contributed by atoms with van der Waals surface area (Å²) in [5.41, 5.74) is 1.17. The second-order valence-electron chi connectivity index (χ2n) is 4.59. The summed E-state index contributed by atoms with van der Waals surface area (Å²) < 4.78 is 0. The fraction of sp³-hybridized carbons (Fsp3) is 0.667. The molecule has 94 valence electrons. The summed E-state index contributed by atoms with van der Waals surface area (Å²) in [4.78, 5) is 8.52. The van der Waals surface area contributed by atoms with E-state index in [1.54, 1.807) is 0 Å². The molecular weight excluding hydrogens is 236 g/mol. The first-order chi connectivity index (χ1) is 8.20. The van der Waals surface area contributed by atoms with Crippen LogP contribution in [-0.4, -0.2) is 23.1 Å². The number of nitrogens with one attached hydrogen (secondary N) is 2. The van der Waals surface area contributed by atoms with Crippen molar-refractivity contribution in [2.75, 3.05) is 23.7 Å². The first-order valence-electron chi connectivity index (χ1n) is 6.25. The molecule has 1 unspecified atom stereocenters. The van der Waals surface area contributed by atoms with Crippen LogP contribution in [0.1, 0.15) is 32.3 Å². The summed E-state index contributed by atoms with van der Waals surface area (Å²) in [6.45, 7) is 6.30. The normalized spacial score (nSPS) is 15.9. The molecule has 0 fully saturated rings. The van der Waals surface area contributed by atoms with E-state index >= 15 is 0 Å². The number of hydrogen-bond acceptors (Lipinski definition) is 4. The Bertz CT molecular complexity index is 394. The van der Waals surface area contributed by atoms with Crippen LogP contribution in [0.15, 0.2) is 0 Å². The van der Waals surface area contributed by atoms with Crippen LogP contribution in [-0.2, 0) is 6.42 Å². The number of fused-ring (bicyclic) bond motifs is 1. The van der Waals surface area contributed by atoms with Crippen LogP contribution in [0.5, 0.6) is 0 Å². The van der Waals surface area contributed by atoms with E-state index < -0.39 is 0 Å². The molecule has 2 N–H and O–H groups in total. The molecule has 0 bridgehead atoms. The van der Waals surface area contributed by atoms with Gasteiger partial charge >= 0.3 is 0 Å². The summed E-state index contributed by atoms with van der Waals surface area (Å²) >= 11 is 5.93. The van der Waals surface area contributed by atoms with E-state index in [0.29, 0.717) is 11.2 Å². The molecule has 1 aromatic heterocycles. The minimum atomic E-state index is 0.310. The Morgan fingerprint density at radius 1 is 1.47 bits per heavy atom. The molecule has 17 heavy (non-hydrogen) atoms. The minimum absolute atomic E-state index is 0.310. The van der Waals surface area contributed by atoms with E-state index in [4.69, 9.17) is 11.6 Å². The van der Waals surface area contributed by atoms with Gasteiger partial charge in [-0.1, -0.05) is 20.3 Å². The van der Waals surface area contributed by atoms with Crippen LogP contribution >= 0.6 is 11.6 Å². The van der Waals surface area contributed by atoms with Gasteiger partial charge in [0.25, 0.3) is 0 Å². The largest absolute Gasteiger partial charge is 0.370 e. The predicted octanol–water partition coefficient (Wildman–Crippen LogP) is 2.95. The molecule has 2 heterocycles. The lowest BCUT2D eigenvalue weighted by Crippen LogP contribution is -2.19. The second kappa shape index (κ2) is 5.54. The molecule has 0 aromatic carbocycles. The summed E-state index contributed by atoms with van der Waals surface area (Å²) in [5, 5.41) is 6.97. The molecule has 0 saturated carbocycles. The number of nitrogens with zero attached hydrogens (tertiary/aromatic N) is 2. The number of anilines is 2. The zero-order valence-corrected chi connectivity index (χ0v) is 11.1. The standard InChI is InChI=1S/C12H19ClN4/c1-3-8(2)7-15-11-9-5-4-6-14-10(9)16-12(13)17-11/h8H,3-7H2,1-2H3,(H2,14,15,16,17). The summed E-state index contributed by atoms with van der Waals surface area (Å²) in [7, 11) is 0. The average Bonchev–Trinajstić information content (AvgIpc) is 2.35. The van der Waals surface area contributed by atoms with Gasteiger partial charge < -0.3 is 10.6 Å². The Balaban J connectivity index is 2.17. The lowest BCUT2D eigenvalue weighted by Gasteiger charge is -2.21. The van der Waals surface area contributed by atoms with E-state index in [1.807, 2.05) is 0 Å². The zero-order chi connectivity index (χ0) is 12.3. The summed E-state index contributed by atoms with van der Waals surface area (Å²) in [6.07, 6.45) is 3.30. The van der Waals surface area contributed by atoms with Crippen LogP contribution in [0.2, 0.25) is 5.28 Å². The van der Waals surface area contributed by atoms with Crippen molar-refractivity contribution in [1.29, 1.82) is 0 Å². The molecule has 0 amide bonds. The Morgan fingerprint density at radius 3 is 3.06 bits per heavy atom. The summed E-state index contributed by atoms with van der Waals surface area (Å²) in [5.74, 6) is 2.42. The van der Waals surface area contributed by atoms with E-state index in [2.05, 4.69) is 34.4 Å². The highest BCUT2D eigenvalue weighted by Gasteiger charge is 2.17. The topological polar surface area (TPSA) is 49.8 Å². The maximum Gasteiger partial charge on any atom is 0.226 e. The third-order valence-electron chi connectivity index (χ3n) is 3.19. The van der Waals surface area contributed by atoms with Crippen LogP contribution < -0.4 is 10.6 Å². The van der Waals surface area contributed by atoms with Crippen LogP contribution in [0.3, 0.4) is 0 Å². The Labute approximate surface area is 107 Å². The van der Waals surface area contributed by atoms with Gasteiger partial charge in [-0.2, -0.15) is 0 Å². The van der Waals surface area contributed by atoms with Gasteiger partial charge in [0.2, 0.25) is 5.28 Å². The van der Waals surface area contributed by atoms with Crippen molar-refractivity contribution in [3.8, 4) is 0 Å². The highest BCUT2D eigenvalue weighted by molar-refractivity contribution is 6.28. The molecule has 0 spiro atoms. The molecule has 1 aromatic rings. The average molecular weight is 255 g/mol. The Hall–Kier alpha value is -1.03. The molecule has 0 aliphatic carbocycles. The van der Waals surface area contributed by atoms with E-state index in [1.165, 1.54) is 5.56 Å². The van der Waals surface area contributed by atoms with Gasteiger partial charge in [-0.05, 0) is 30.4 Å². The Kier molecular flexibility index (Phi) is 4.05. The van der Waals surface area contributed by atoms with Crippen LogP contribution in [0.4, 0.5) is 11.6 Å². The van der Waals surface area contributed by atoms with Crippen LogP contribution in [0, 0.1) is 5.92 Å². The van der Waals surface area contributed by atoms with Gasteiger partial charge in [0.1, 0.15) is 11.6 Å². The lowest BCUT2D eigenvalue weighted by molar-refractivity contribution is 0.591. The fourth-order valence-electron chi connectivity index (χ4n) is 1.87. The third kappa shape index (κ3) is 3.00. The van der Waals surface area contributed by atoms with Gasteiger partial charge in [0.05, 0.1) is 0 Å². The van der Waals surface area contributed by atoms with Gasteiger partial charge in [-0.25, -0.2) is 9.97 Å². The molecular formula is C12H19ClN4. The zero-order valence-electron chi connectivity index (χ0n) is 10.4. The first-order valence-corrected chi connectivity index (χ1v) is 6.62. The van der Waals surface area contributed by atoms with Crippen molar-refractivity contribution in [3.05, 3.63) is 10.8 Å². The number of aromatic nitrogens is 2.